The van der Waals surface area contributed by atoms with E-state index in [1.165, 1.54) is 65.0 Å². The first kappa shape index (κ1) is 25.2. The highest BCUT2D eigenvalue weighted by atomic mass is 14.7. The van der Waals surface area contributed by atoms with Gasteiger partial charge in [-0.1, -0.05) is 127 Å². The predicted molar refractivity (Wildman–Crippen MR) is 195 cm³/mol. The zero-order valence-electron chi connectivity index (χ0n) is 24.9. The minimum absolute atomic E-state index is 0.937. The first-order valence-corrected chi connectivity index (χ1v) is 15.7. The topological polar surface area (TPSA) is 25.8 Å². The van der Waals surface area contributed by atoms with E-state index in [4.69, 9.17) is 4.98 Å². The van der Waals surface area contributed by atoms with E-state index in [0.717, 1.165) is 33.1 Å². The van der Waals surface area contributed by atoms with Crippen LogP contribution in [0.1, 0.15) is 0 Å². The Kier molecular flexibility index (Phi) is 5.31. The van der Waals surface area contributed by atoms with Crippen LogP contribution in [0.25, 0.3) is 98.1 Å². The van der Waals surface area contributed by atoms with Gasteiger partial charge in [0, 0.05) is 22.5 Å². The number of pyridine rings is 2. The zero-order chi connectivity index (χ0) is 30.2. The largest absolute Gasteiger partial charge is 0.254 e. The minimum atomic E-state index is 0.937. The van der Waals surface area contributed by atoms with Gasteiger partial charge in [-0.15, -0.1) is 0 Å². The third kappa shape index (κ3) is 3.71. The summed E-state index contributed by atoms with van der Waals surface area (Å²) in [6, 6.07) is 55.1. The van der Waals surface area contributed by atoms with Gasteiger partial charge in [-0.3, -0.25) is 4.98 Å². The predicted octanol–water partition coefficient (Wildman–Crippen LogP) is 11.9. The molecular formula is C44H26N2. The average Bonchev–Trinajstić information content (AvgIpc) is 3.13. The maximum absolute atomic E-state index is 5.08. The van der Waals surface area contributed by atoms with Crippen LogP contribution in [0.3, 0.4) is 0 Å². The van der Waals surface area contributed by atoms with E-state index in [2.05, 4.69) is 151 Å². The van der Waals surface area contributed by atoms with Crippen molar-refractivity contribution in [1.29, 1.82) is 0 Å². The number of nitrogens with zero attached hydrogens (tertiary/aromatic N) is 2. The Hall–Kier alpha value is -6.12. The summed E-state index contributed by atoms with van der Waals surface area (Å²) in [7, 11) is 0. The second-order valence-electron chi connectivity index (χ2n) is 12.2. The molecule has 0 saturated heterocycles. The number of hydrogen-bond donors (Lipinski definition) is 0. The van der Waals surface area contributed by atoms with Gasteiger partial charge in [0.05, 0.1) is 16.7 Å². The molecule has 10 rings (SSSR count). The summed E-state index contributed by atoms with van der Waals surface area (Å²) in [6.45, 7) is 0. The summed E-state index contributed by atoms with van der Waals surface area (Å²) < 4.78 is 0. The lowest BCUT2D eigenvalue weighted by molar-refractivity contribution is 1.37. The van der Waals surface area contributed by atoms with Crippen molar-refractivity contribution in [2.45, 2.75) is 0 Å². The van der Waals surface area contributed by atoms with Gasteiger partial charge in [-0.2, -0.15) is 0 Å². The number of aromatic nitrogens is 2. The Labute approximate surface area is 265 Å². The maximum Gasteiger partial charge on any atom is 0.0972 e. The molecule has 2 nitrogen and oxygen atoms in total. The molecule has 0 radical (unpaired) electrons. The number of rotatable bonds is 2. The molecule has 0 saturated carbocycles. The van der Waals surface area contributed by atoms with Crippen LogP contribution in [0.4, 0.5) is 0 Å². The average molecular weight is 583 g/mol. The maximum atomic E-state index is 5.08. The van der Waals surface area contributed by atoms with Crippen molar-refractivity contribution in [3.05, 3.63) is 158 Å². The Morgan fingerprint density at radius 3 is 1.67 bits per heavy atom. The molecule has 0 aliphatic carbocycles. The molecule has 2 heterocycles. The Morgan fingerprint density at radius 2 is 0.891 bits per heavy atom. The monoisotopic (exact) mass is 582 g/mol. The lowest BCUT2D eigenvalue weighted by Gasteiger charge is -2.15. The Bertz CT molecular complexity index is 2850. The lowest BCUT2D eigenvalue weighted by Crippen LogP contribution is -1.89. The van der Waals surface area contributed by atoms with Crippen molar-refractivity contribution in [2.24, 2.45) is 0 Å². The summed E-state index contributed by atoms with van der Waals surface area (Å²) in [5.74, 6) is 0. The van der Waals surface area contributed by atoms with Crippen LogP contribution in [0.5, 0.6) is 0 Å². The van der Waals surface area contributed by atoms with Crippen molar-refractivity contribution in [2.75, 3.05) is 0 Å². The van der Waals surface area contributed by atoms with Crippen molar-refractivity contribution in [3.8, 4) is 22.4 Å². The highest BCUT2D eigenvalue weighted by molar-refractivity contribution is 6.33. The van der Waals surface area contributed by atoms with Crippen LogP contribution in [0.2, 0.25) is 0 Å². The molecule has 2 aromatic heterocycles. The summed E-state index contributed by atoms with van der Waals surface area (Å²) >= 11 is 0. The molecule has 0 aliphatic heterocycles. The molecule has 0 amide bonds. The molecule has 2 heteroatoms. The number of benzene rings is 7. The van der Waals surface area contributed by atoms with E-state index < -0.39 is 0 Å². The summed E-state index contributed by atoms with van der Waals surface area (Å²) in [4.78, 5) is 9.72. The fourth-order valence-electron chi connectivity index (χ4n) is 7.47. The molecular weight excluding hydrogens is 556 g/mol. The van der Waals surface area contributed by atoms with Crippen molar-refractivity contribution >= 4 is 75.7 Å². The van der Waals surface area contributed by atoms with E-state index in [9.17, 15) is 0 Å². The highest BCUT2D eigenvalue weighted by Crippen LogP contribution is 2.42. The van der Waals surface area contributed by atoms with Crippen LogP contribution in [-0.2, 0) is 0 Å². The molecule has 8 aromatic carbocycles. The first-order chi connectivity index (χ1) is 22.8. The molecule has 0 bridgehead atoms. The molecule has 0 unspecified atom stereocenters. The van der Waals surface area contributed by atoms with E-state index >= 15 is 0 Å². The van der Waals surface area contributed by atoms with Crippen LogP contribution in [0, 0.1) is 0 Å². The smallest absolute Gasteiger partial charge is 0.0972 e. The van der Waals surface area contributed by atoms with Gasteiger partial charge < -0.3 is 0 Å². The van der Waals surface area contributed by atoms with Crippen molar-refractivity contribution in [1.82, 2.24) is 9.97 Å². The number of hydrogen-bond acceptors (Lipinski definition) is 2. The van der Waals surface area contributed by atoms with Crippen molar-refractivity contribution < 1.29 is 0 Å². The molecule has 0 fully saturated rings. The third-order valence-corrected chi connectivity index (χ3v) is 9.63. The lowest BCUT2D eigenvalue weighted by atomic mass is 9.88. The van der Waals surface area contributed by atoms with Gasteiger partial charge in [0.25, 0.3) is 0 Å². The summed E-state index contributed by atoms with van der Waals surface area (Å²) in [5, 5.41) is 15.0. The Balaban J connectivity index is 1.21. The molecule has 10 aromatic rings. The normalized spacial score (nSPS) is 11.9. The van der Waals surface area contributed by atoms with Crippen LogP contribution < -0.4 is 0 Å². The molecule has 0 spiro atoms. The summed E-state index contributed by atoms with van der Waals surface area (Å²) in [6.07, 6.45) is 1.84. The molecule has 0 atom stereocenters. The molecule has 0 N–H and O–H groups in total. The fourth-order valence-corrected chi connectivity index (χ4v) is 7.47. The SMILES string of the molecule is c1cnc2c(c1)ccc1ccc(-c3ccc(-c4cc5ccc6cccc7c8ccccc8c8ccccc8c(c4)c5c67)cc3)nc12. The van der Waals surface area contributed by atoms with Crippen molar-refractivity contribution in [3.63, 3.8) is 0 Å². The first-order valence-electron chi connectivity index (χ1n) is 15.7. The fraction of sp³-hybridized carbons (Fsp3) is 0. The van der Waals surface area contributed by atoms with E-state index in [1.807, 2.05) is 12.3 Å². The van der Waals surface area contributed by atoms with E-state index in [0.29, 0.717) is 0 Å². The third-order valence-electron chi connectivity index (χ3n) is 9.63. The second-order valence-corrected chi connectivity index (χ2v) is 12.2. The molecule has 212 valence electrons. The van der Waals surface area contributed by atoms with Gasteiger partial charge in [0.1, 0.15) is 0 Å². The highest BCUT2D eigenvalue weighted by Gasteiger charge is 2.14. The van der Waals surface area contributed by atoms with E-state index in [1.54, 1.807) is 0 Å². The zero-order valence-corrected chi connectivity index (χ0v) is 24.9. The minimum Gasteiger partial charge on any atom is -0.254 e. The number of fused-ring (bicyclic) bond motifs is 8. The molecule has 0 aliphatic rings. The van der Waals surface area contributed by atoms with Gasteiger partial charge in [0.2, 0.25) is 0 Å². The van der Waals surface area contributed by atoms with Crippen LogP contribution >= 0.6 is 0 Å². The summed E-state index contributed by atoms with van der Waals surface area (Å²) in [5.41, 5.74) is 6.30. The van der Waals surface area contributed by atoms with Gasteiger partial charge in [-0.25, -0.2) is 4.98 Å². The Morgan fingerprint density at radius 1 is 0.326 bits per heavy atom. The molecule has 46 heavy (non-hydrogen) atoms. The van der Waals surface area contributed by atoms with Gasteiger partial charge >= 0.3 is 0 Å². The quantitative estimate of drug-likeness (QED) is 0.190. The van der Waals surface area contributed by atoms with Crippen LogP contribution in [-0.4, -0.2) is 9.97 Å². The standard InChI is InChI=1S/C44H26N2/c1-3-11-36-34(9-1)35-10-2-4-12-37(35)39-26-33(25-32-21-18-29-7-5-13-38(36)41(29)42(32)39)27-14-16-28(17-15-27)40-23-22-31-20-19-30-8-6-24-45-43(30)44(31)46-40/h1-26H. The van der Waals surface area contributed by atoms with E-state index in [-0.39, 0.29) is 0 Å². The van der Waals surface area contributed by atoms with Crippen LogP contribution in [0.15, 0.2) is 158 Å². The second kappa shape index (κ2) is 9.69. The van der Waals surface area contributed by atoms with Gasteiger partial charge in [0.15, 0.2) is 0 Å². The van der Waals surface area contributed by atoms with Gasteiger partial charge in [-0.05, 0) is 89.3 Å².